The van der Waals surface area contributed by atoms with E-state index < -0.39 is 5.60 Å². The van der Waals surface area contributed by atoms with Gasteiger partial charge in [0.2, 0.25) is 5.91 Å². The number of fused-ring (bicyclic) bond motifs is 1. The van der Waals surface area contributed by atoms with Gasteiger partial charge in [0.1, 0.15) is 0 Å². The van der Waals surface area contributed by atoms with Gasteiger partial charge in [-0.05, 0) is 76.2 Å². The van der Waals surface area contributed by atoms with Crippen molar-refractivity contribution in [3.8, 4) is 0 Å². The summed E-state index contributed by atoms with van der Waals surface area (Å²) in [7, 11) is 0. The van der Waals surface area contributed by atoms with E-state index >= 15 is 0 Å². The lowest BCUT2D eigenvalue weighted by atomic mass is 9.68. The molecular weight excluding hydrogens is 336 g/mol. The molecule has 3 aliphatic rings. The molecule has 1 saturated carbocycles. The first kappa shape index (κ1) is 21.1. The van der Waals surface area contributed by atoms with Crippen molar-refractivity contribution in [2.75, 3.05) is 19.6 Å². The number of likely N-dealkylation sites (tertiary alicyclic amines) is 2. The number of carbonyl (C=O) groups excluding carboxylic acids is 1. The van der Waals surface area contributed by atoms with E-state index in [1.165, 1.54) is 12.8 Å². The van der Waals surface area contributed by atoms with Gasteiger partial charge < -0.3 is 10.0 Å². The van der Waals surface area contributed by atoms with Crippen LogP contribution >= 0.6 is 0 Å². The van der Waals surface area contributed by atoms with Crippen molar-refractivity contribution >= 4 is 5.91 Å². The van der Waals surface area contributed by atoms with Gasteiger partial charge in [0, 0.05) is 31.6 Å². The van der Waals surface area contributed by atoms with Crippen LogP contribution in [0.15, 0.2) is 0 Å². The van der Waals surface area contributed by atoms with Crippen molar-refractivity contribution in [1.82, 2.24) is 9.80 Å². The van der Waals surface area contributed by atoms with Crippen LogP contribution in [0.25, 0.3) is 0 Å². The molecule has 0 spiro atoms. The highest BCUT2D eigenvalue weighted by Gasteiger charge is 2.49. The molecule has 1 N–H and O–H groups in total. The molecule has 3 rings (SSSR count). The number of piperidine rings is 1. The minimum Gasteiger partial charge on any atom is -0.389 e. The van der Waals surface area contributed by atoms with Gasteiger partial charge in [-0.1, -0.05) is 27.2 Å². The SMILES string of the molecule is CC(=O)N1CCC[C@@]2(C)[C@@H]1CCCCN2CC1(O)CCC(C(C)(C)C)CC1. The topological polar surface area (TPSA) is 43.8 Å². The first-order chi connectivity index (χ1) is 12.6. The summed E-state index contributed by atoms with van der Waals surface area (Å²) in [5, 5.41) is 11.5. The second-order valence-corrected chi connectivity index (χ2v) is 11.0. The fraction of sp³-hybridized carbons (Fsp3) is 0.957. The van der Waals surface area contributed by atoms with E-state index in [0.717, 1.165) is 64.6 Å². The molecule has 0 aromatic carbocycles. The van der Waals surface area contributed by atoms with Crippen LogP contribution in [0.5, 0.6) is 0 Å². The molecule has 0 bridgehead atoms. The highest BCUT2D eigenvalue weighted by atomic mass is 16.3. The minimum absolute atomic E-state index is 0.0109. The average molecular weight is 379 g/mol. The van der Waals surface area contributed by atoms with E-state index in [9.17, 15) is 9.90 Å². The highest BCUT2D eigenvalue weighted by molar-refractivity contribution is 5.74. The first-order valence-electron chi connectivity index (χ1n) is 11.3. The van der Waals surface area contributed by atoms with Gasteiger partial charge >= 0.3 is 0 Å². The van der Waals surface area contributed by atoms with E-state index in [4.69, 9.17) is 0 Å². The Balaban J connectivity index is 1.74. The molecule has 1 aliphatic carbocycles. The summed E-state index contributed by atoms with van der Waals surface area (Å²) in [4.78, 5) is 17.0. The van der Waals surface area contributed by atoms with E-state index in [2.05, 4.69) is 37.5 Å². The maximum absolute atomic E-state index is 12.3. The smallest absolute Gasteiger partial charge is 0.219 e. The van der Waals surface area contributed by atoms with Gasteiger partial charge in [-0.2, -0.15) is 0 Å². The maximum Gasteiger partial charge on any atom is 0.219 e. The first-order valence-corrected chi connectivity index (χ1v) is 11.3. The van der Waals surface area contributed by atoms with Crippen LogP contribution in [-0.4, -0.2) is 57.6 Å². The third-order valence-corrected chi connectivity index (χ3v) is 8.08. The Bertz CT molecular complexity index is 533. The van der Waals surface area contributed by atoms with Crippen molar-refractivity contribution in [2.45, 2.75) is 110 Å². The van der Waals surface area contributed by atoms with E-state index in [1.54, 1.807) is 6.92 Å². The van der Waals surface area contributed by atoms with Gasteiger partial charge in [-0.15, -0.1) is 0 Å². The molecule has 2 aliphatic heterocycles. The van der Waals surface area contributed by atoms with Crippen LogP contribution in [0.3, 0.4) is 0 Å². The molecule has 1 amide bonds. The van der Waals surface area contributed by atoms with Crippen molar-refractivity contribution in [3.63, 3.8) is 0 Å². The number of nitrogens with zero attached hydrogens (tertiary/aromatic N) is 2. The van der Waals surface area contributed by atoms with E-state index in [0.29, 0.717) is 17.4 Å². The lowest BCUT2D eigenvalue weighted by molar-refractivity contribution is -0.141. The lowest BCUT2D eigenvalue weighted by Gasteiger charge is -2.54. The van der Waals surface area contributed by atoms with Crippen LogP contribution in [0.4, 0.5) is 0 Å². The quantitative estimate of drug-likeness (QED) is 0.783. The monoisotopic (exact) mass is 378 g/mol. The number of carbonyl (C=O) groups is 1. The van der Waals surface area contributed by atoms with E-state index in [1.807, 2.05) is 0 Å². The second kappa shape index (κ2) is 7.67. The van der Waals surface area contributed by atoms with Crippen LogP contribution < -0.4 is 0 Å². The molecule has 3 fully saturated rings. The Labute approximate surface area is 166 Å². The molecule has 0 aromatic heterocycles. The number of aliphatic hydroxyl groups is 1. The Morgan fingerprint density at radius 3 is 2.30 bits per heavy atom. The third kappa shape index (κ3) is 4.37. The van der Waals surface area contributed by atoms with E-state index in [-0.39, 0.29) is 11.4 Å². The Kier molecular flexibility index (Phi) is 5.99. The third-order valence-electron chi connectivity index (χ3n) is 8.08. The van der Waals surface area contributed by atoms with Crippen molar-refractivity contribution in [2.24, 2.45) is 11.3 Å². The molecule has 0 aromatic rings. The summed E-state index contributed by atoms with van der Waals surface area (Å²) in [5.74, 6) is 0.935. The Hall–Kier alpha value is -0.610. The van der Waals surface area contributed by atoms with Gasteiger partial charge in [0.15, 0.2) is 0 Å². The highest BCUT2D eigenvalue weighted by Crippen LogP contribution is 2.44. The summed E-state index contributed by atoms with van der Waals surface area (Å²) >= 11 is 0. The standard InChI is InChI=1S/C23H42N2O2/c1-18(26)25-16-8-12-22(5)20(25)9-6-7-15-24(22)17-23(27)13-10-19(11-14-23)21(2,3)4/h19-20,27H,6-17H2,1-5H3/t19?,20-,22-,23?/m0/s1. The average Bonchev–Trinajstić information content (AvgIpc) is 2.73. The predicted octanol–water partition coefficient (Wildman–Crippen LogP) is 4.21. The summed E-state index contributed by atoms with van der Waals surface area (Å²) < 4.78 is 0. The van der Waals surface area contributed by atoms with Gasteiger partial charge in [-0.25, -0.2) is 0 Å². The summed E-state index contributed by atoms with van der Waals surface area (Å²) in [6.07, 6.45) is 9.79. The van der Waals surface area contributed by atoms with Gasteiger partial charge in [0.25, 0.3) is 0 Å². The second-order valence-electron chi connectivity index (χ2n) is 11.0. The Morgan fingerprint density at radius 1 is 1.04 bits per heavy atom. The maximum atomic E-state index is 12.3. The molecular formula is C23H42N2O2. The largest absolute Gasteiger partial charge is 0.389 e. The van der Waals surface area contributed by atoms with Gasteiger partial charge in [-0.3, -0.25) is 9.69 Å². The zero-order valence-corrected chi connectivity index (χ0v) is 18.4. The molecule has 27 heavy (non-hydrogen) atoms. The van der Waals surface area contributed by atoms with Crippen LogP contribution in [0.2, 0.25) is 0 Å². The molecule has 156 valence electrons. The predicted molar refractivity (Wildman–Crippen MR) is 111 cm³/mol. The molecule has 4 nitrogen and oxygen atoms in total. The number of β-amino-alcohol motifs (C(OH)–C–C–N with tert-alkyl or cyclic N) is 1. The number of rotatable bonds is 2. The zero-order valence-electron chi connectivity index (χ0n) is 18.4. The molecule has 4 heteroatoms. The Morgan fingerprint density at radius 2 is 1.70 bits per heavy atom. The summed E-state index contributed by atoms with van der Waals surface area (Å²) in [6, 6.07) is 0.306. The van der Waals surface area contributed by atoms with Crippen LogP contribution in [0.1, 0.15) is 92.4 Å². The van der Waals surface area contributed by atoms with Crippen molar-refractivity contribution in [1.29, 1.82) is 0 Å². The number of hydrogen-bond donors (Lipinski definition) is 1. The number of amides is 1. The van der Waals surface area contributed by atoms with Gasteiger partial charge in [0.05, 0.1) is 5.60 Å². The zero-order chi connectivity index (χ0) is 19.9. The number of hydrogen-bond acceptors (Lipinski definition) is 3. The lowest BCUT2D eigenvalue weighted by Crippen LogP contribution is -2.65. The molecule has 2 saturated heterocycles. The molecule has 0 radical (unpaired) electrons. The van der Waals surface area contributed by atoms with Crippen LogP contribution in [0, 0.1) is 11.3 Å². The summed E-state index contributed by atoms with van der Waals surface area (Å²) in [6.45, 7) is 13.8. The van der Waals surface area contributed by atoms with Crippen LogP contribution in [-0.2, 0) is 4.79 Å². The minimum atomic E-state index is -0.557. The fourth-order valence-corrected chi connectivity index (χ4v) is 6.17. The molecule has 2 heterocycles. The normalized spacial score (nSPS) is 39.0. The molecule has 0 unspecified atom stereocenters. The van der Waals surface area contributed by atoms with Crippen molar-refractivity contribution < 1.29 is 9.90 Å². The van der Waals surface area contributed by atoms with Crippen molar-refractivity contribution in [3.05, 3.63) is 0 Å². The fourth-order valence-electron chi connectivity index (χ4n) is 6.17. The molecule has 2 atom stereocenters. The summed E-state index contributed by atoms with van der Waals surface area (Å²) in [5.41, 5.74) is -0.207.